The van der Waals surface area contributed by atoms with Gasteiger partial charge < -0.3 is 4.90 Å². The van der Waals surface area contributed by atoms with Crippen LogP contribution >= 0.6 is 0 Å². The van der Waals surface area contributed by atoms with Crippen LogP contribution < -0.4 is 5.32 Å². The van der Waals surface area contributed by atoms with Crippen LogP contribution in [0.15, 0.2) is 24.3 Å². The molecule has 1 atom stereocenters. The minimum Gasteiger partial charge on any atom is -0.322 e. The number of amides is 1. The number of nitrogens with zero attached hydrogens (tertiary/aromatic N) is 1. The summed E-state index contributed by atoms with van der Waals surface area (Å²) in [5, 5.41) is 3.09. The molecule has 1 aliphatic rings. The number of carbonyl (C=O) groups is 1. The van der Waals surface area contributed by atoms with Gasteiger partial charge in [-0.3, -0.25) is 10.1 Å². The molecule has 19 heavy (non-hydrogen) atoms. The summed E-state index contributed by atoms with van der Waals surface area (Å²) in [7, 11) is 0. The van der Waals surface area contributed by atoms with E-state index in [2.05, 4.69) is 12.2 Å². The van der Waals surface area contributed by atoms with E-state index in [9.17, 15) is 9.18 Å². The first-order valence-corrected chi connectivity index (χ1v) is 7.01. The van der Waals surface area contributed by atoms with E-state index in [0.717, 1.165) is 12.8 Å². The van der Waals surface area contributed by atoms with Gasteiger partial charge in [0.05, 0.1) is 6.54 Å². The van der Waals surface area contributed by atoms with Crippen LogP contribution in [0.1, 0.15) is 44.3 Å². The zero-order valence-electron chi connectivity index (χ0n) is 11.4. The summed E-state index contributed by atoms with van der Waals surface area (Å²) in [4.78, 5) is 13.6. The minimum atomic E-state index is -0.310. The van der Waals surface area contributed by atoms with Crippen LogP contribution in [0.3, 0.4) is 0 Å². The first-order chi connectivity index (χ1) is 9.24. The topological polar surface area (TPSA) is 32.3 Å². The van der Waals surface area contributed by atoms with E-state index in [4.69, 9.17) is 0 Å². The standard InChI is InChI=1S/C15H21FN2O/c1-2-3-4-7-10-18-14(19)11-17-15(18)12-8-5-6-9-13(12)16/h5-6,8-9,15,17H,2-4,7,10-11H2,1H3. The molecule has 0 spiro atoms. The molecular formula is C15H21FN2O. The molecule has 1 heterocycles. The van der Waals surface area contributed by atoms with E-state index >= 15 is 0 Å². The second kappa shape index (κ2) is 6.66. The Morgan fingerprint density at radius 3 is 2.84 bits per heavy atom. The molecule has 0 bridgehead atoms. The maximum Gasteiger partial charge on any atom is 0.238 e. The second-order valence-corrected chi connectivity index (χ2v) is 4.95. The number of rotatable bonds is 6. The van der Waals surface area contributed by atoms with Gasteiger partial charge in [-0.2, -0.15) is 0 Å². The van der Waals surface area contributed by atoms with Crippen molar-refractivity contribution >= 4 is 5.91 Å². The number of benzene rings is 1. The van der Waals surface area contributed by atoms with Gasteiger partial charge in [-0.1, -0.05) is 44.4 Å². The first kappa shape index (κ1) is 14.0. The maximum atomic E-state index is 13.8. The van der Waals surface area contributed by atoms with Crippen LogP contribution in [-0.2, 0) is 4.79 Å². The van der Waals surface area contributed by atoms with Crippen molar-refractivity contribution in [1.29, 1.82) is 0 Å². The van der Waals surface area contributed by atoms with Crippen molar-refractivity contribution in [2.75, 3.05) is 13.1 Å². The largest absolute Gasteiger partial charge is 0.322 e. The van der Waals surface area contributed by atoms with Crippen LogP contribution in [0, 0.1) is 5.82 Å². The molecule has 2 rings (SSSR count). The third-order valence-corrected chi connectivity index (χ3v) is 3.53. The normalized spacial score (nSPS) is 19.2. The van der Waals surface area contributed by atoms with Crippen molar-refractivity contribution < 1.29 is 9.18 Å². The highest BCUT2D eigenvalue weighted by molar-refractivity contribution is 5.80. The van der Waals surface area contributed by atoms with Gasteiger partial charge in [0.15, 0.2) is 0 Å². The Hall–Kier alpha value is -1.42. The molecule has 1 aliphatic heterocycles. The summed E-state index contributed by atoms with van der Waals surface area (Å²) in [5.74, 6) is -0.196. The van der Waals surface area contributed by atoms with Crippen molar-refractivity contribution in [1.82, 2.24) is 10.2 Å². The summed E-state index contributed by atoms with van der Waals surface area (Å²) in [6.45, 7) is 3.16. The van der Waals surface area contributed by atoms with Gasteiger partial charge in [-0.15, -0.1) is 0 Å². The summed E-state index contributed by atoms with van der Waals surface area (Å²) < 4.78 is 13.8. The molecule has 3 nitrogen and oxygen atoms in total. The van der Waals surface area contributed by atoms with Gasteiger partial charge in [0.1, 0.15) is 12.0 Å². The van der Waals surface area contributed by atoms with E-state index in [1.165, 1.54) is 18.9 Å². The zero-order chi connectivity index (χ0) is 13.7. The molecule has 1 fully saturated rings. The number of halogens is 1. The lowest BCUT2D eigenvalue weighted by molar-refractivity contribution is -0.128. The van der Waals surface area contributed by atoms with Gasteiger partial charge in [0.2, 0.25) is 5.91 Å². The lowest BCUT2D eigenvalue weighted by Crippen LogP contribution is -2.31. The van der Waals surface area contributed by atoms with Gasteiger partial charge in [-0.25, -0.2) is 4.39 Å². The van der Waals surface area contributed by atoms with Crippen molar-refractivity contribution in [2.24, 2.45) is 0 Å². The van der Waals surface area contributed by atoms with Crippen LogP contribution in [0.2, 0.25) is 0 Å². The Morgan fingerprint density at radius 2 is 2.11 bits per heavy atom. The summed E-state index contributed by atoms with van der Waals surface area (Å²) >= 11 is 0. The van der Waals surface area contributed by atoms with Gasteiger partial charge in [0, 0.05) is 12.1 Å². The van der Waals surface area contributed by atoms with Crippen LogP contribution in [0.25, 0.3) is 0 Å². The first-order valence-electron chi connectivity index (χ1n) is 7.01. The molecule has 4 heteroatoms. The molecule has 0 radical (unpaired) electrons. The zero-order valence-corrected chi connectivity index (χ0v) is 11.4. The van der Waals surface area contributed by atoms with Crippen molar-refractivity contribution in [3.05, 3.63) is 35.6 Å². The molecule has 1 amide bonds. The van der Waals surface area contributed by atoms with Crippen molar-refractivity contribution in [3.8, 4) is 0 Å². The lowest BCUT2D eigenvalue weighted by atomic mass is 10.1. The Labute approximate surface area is 113 Å². The highest BCUT2D eigenvalue weighted by Gasteiger charge is 2.32. The molecule has 1 aromatic rings. The predicted molar refractivity (Wildman–Crippen MR) is 73.0 cm³/mol. The predicted octanol–water partition coefficient (Wildman–Crippen LogP) is 2.84. The highest BCUT2D eigenvalue weighted by atomic mass is 19.1. The summed E-state index contributed by atoms with van der Waals surface area (Å²) in [5.41, 5.74) is 0.559. The van der Waals surface area contributed by atoms with Crippen LogP contribution in [-0.4, -0.2) is 23.9 Å². The number of nitrogens with one attached hydrogen (secondary N) is 1. The number of carbonyl (C=O) groups excluding carboxylic acids is 1. The Balaban J connectivity index is 2.03. The average Bonchev–Trinajstić information content (AvgIpc) is 2.77. The number of hydrogen-bond acceptors (Lipinski definition) is 2. The molecule has 1 unspecified atom stereocenters. The quantitative estimate of drug-likeness (QED) is 0.801. The molecule has 104 valence electrons. The fraction of sp³-hybridized carbons (Fsp3) is 0.533. The molecular weight excluding hydrogens is 243 g/mol. The summed E-state index contributed by atoms with van der Waals surface area (Å²) in [6, 6.07) is 6.65. The molecule has 1 aromatic carbocycles. The Morgan fingerprint density at radius 1 is 1.32 bits per heavy atom. The van der Waals surface area contributed by atoms with E-state index in [1.54, 1.807) is 23.1 Å². The average molecular weight is 264 g/mol. The van der Waals surface area contributed by atoms with E-state index in [-0.39, 0.29) is 17.9 Å². The molecule has 1 saturated heterocycles. The molecule has 0 saturated carbocycles. The molecule has 0 aromatic heterocycles. The lowest BCUT2D eigenvalue weighted by Gasteiger charge is -2.25. The van der Waals surface area contributed by atoms with Gasteiger partial charge >= 0.3 is 0 Å². The van der Waals surface area contributed by atoms with Crippen molar-refractivity contribution in [2.45, 2.75) is 38.8 Å². The van der Waals surface area contributed by atoms with Crippen LogP contribution in [0.5, 0.6) is 0 Å². The van der Waals surface area contributed by atoms with Gasteiger partial charge in [-0.05, 0) is 12.5 Å². The number of unbranched alkanes of at least 4 members (excludes halogenated alkanes) is 3. The second-order valence-electron chi connectivity index (χ2n) is 4.95. The highest BCUT2D eigenvalue weighted by Crippen LogP contribution is 2.25. The SMILES string of the molecule is CCCCCCN1C(=O)CNC1c1ccccc1F. The number of hydrogen-bond donors (Lipinski definition) is 1. The third-order valence-electron chi connectivity index (χ3n) is 3.53. The van der Waals surface area contributed by atoms with E-state index in [0.29, 0.717) is 18.7 Å². The Kier molecular flexibility index (Phi) is 4.91. The minimum absolute atomic E-state index is 0.0600. The monoisotopic (exact) mass is 264 g/mol. The van der Waals surface area contributed by atoms with Crippen molar-refractivity contribution in [3.63, 3.8) is 0 Å². The Bertz CT molecular complexity index is 436. The van der Waals surface area contributed by atoms with E-state index in [1.807, 2.05) is 0 Å². The molecule has 1 N–H and O–H groups in total. The smallest absolute Gasteiger partial charge is 0.238 e. The molecule has 0 aliphatic carbocycles. The summed E-state index contributed by atoms with van der Waals surface area (Å²) in [6.07, 6.45) is 4.13. The fourth-order valence-electron chi connectivity index (χ4n) is 2.48. The van der Waals surface area contributed by atoms with E-state index < -0.39 is 0 Å². The van der Waals surface area contributed by atoms with Crippen LogP contribution in [0.4, 0.5) is 4.39 Å². The maximum absolute atomic E-state index is 13.8. The fourth-order valence-corrected chi connectivity index (χ4v) is 2.48. The van der Waals surface area contributed by atoms with Gasteiger partial charge in [0.25, 0.3) is 0 Å². The third kappa shape index (κ3) is 3.32.